The van der Waals surface area contributed by atoms with Crippen molar-refractivity contribution < 1.29 is 9.53 Å². The number of carbonyl (C=O) groups excluding carboxylic acids is 1. The van der Waals surface area contributed by atoms with Crippen LogP contribution in [0.5, 0.6) is 5.75 Å². The van der Waals surface area contributed by atoms with Gasteiger partial charge in [-0.05, 0) is 50.8 Å². The normalized spacial score (nSPS) is 12.0. The molecule has 6 nitrogen and oxygen atoms in total. The van der Waals surface area contributed by atoms with E-state index in [0.29, 0.717) is 0 Å². The first-order valence-electron chi connectivity index (χ1n) is 8.30. The molecule has 6 heteroatoms. The number of hydrogen-bond donors (Lipinski definition) is 1. The Morgan fingerprint density at radius 1 is 1.29 bits per heavy atom. The summed E-state index contributed by atoms with van der Waals surface area (Å²) in [6, 6.07) is 3.85. The molecule has 1 aromatic carbocycles. The van der Waals surface area contributed by atoms with Crippen molar-refractivity contribution in [3.63, 3.8) is 0 Å². The Labute approximate surface area is 143 Å². The van der Waals surface area contributed by atoms with Crippen LogP contribution >= 0.6 is 0 Å². The highest BCUT2D eigenvalue weighted by molar-refractivity contribution is 5.78. The van der Waals surface area contributed by atoms with E-state index in [-0.39, 0.29) is 18.6 Å². The molecule has 0 aliphatic heterocycles. The van der Waals surface area contributed by atoms with Crippen LogP contribution in [0.15, 0.2) is 18.5 Å². The first-order valence-corrected chi connectivity index (χ1v) is 8.30. The molecule has 1 heterocycles. The fraction of sp³-hybridized carbons (Fsp3) is 0.500. The highest BCUT2D eigenvalue weighted by Gasteiger charge is 2.16. The molecule has 1 N–H and O–H groups in total. The third-order valence-electron chi connectivity index (χ3n) is 4.07. The van der Waals surface area contributed by atoms with Gasteiger partial charge in [0.15, 0.2) is 6.61 Å². The minimum absolute atomic E-state index is 0.0165. The number of rotatable bonds is 7. The number of benzene rings is 1. The van der Waals surface area contributed by atoms with Gasteiger partial charge >= 0.3 is 0 Å². The van der Waals surface area contributed by atoms with Crippen molar-refractivity contribution >= 4 is 5.91 Å². The summed E-state index contributed by atoms with van der Waals surface area (Å²) in [7, 11) is 0. The smallest absolute Gasteiger partial charge is 0.258 e. The van der Waals surface area contributed by atoms with Crippen LogP contribution in [0.25, 0.3) is 0 Å². The molecule has 130 valence electrons. The number of nitrogens with one attached hydrogen (secondary N) is 1. The second-order valence-corrected chi connectivity index (χ2v) is 6.07. The molecule has 0 saturated heterocycles. The zero-order valence-corrected chi connectivity index (χ0v) is 15.1. The Bertz CT molecular complexity index is 709. The molecule has 1 atom stereocenters. The fourth-order valence-corrected chi connectivity index (χ4v) is 2.63. The average molecular weight is 330 g/mol. The number of carbonyl (C=O) groups is 1. The standard InChI is InChI=1S/C18H26N4O2/c1-6-9-22-18(19-11-20-22)15(5)21-16(23)10-24-17-13(3)8-7-12(2)14(17)4/h7-8,11,15H,6,9-10H2,1-5H3,(H,21,23)/t15-/m1/s1. The van der Waals surface area contributed by atoms with Crippen molar-refractivity contribution in [2.24, 2.45) is 0 Å². The predicted octanol–water partition coefficient (Wildman–Crippen LogP) is 2.87. The molecule has 1 amide bonds. The van der Waals surface area contributed by atoms with E-state index < -0.39 is 0 Å². The summed E-state index contributed by atoms with van der Waals surface area (Å²) in [5, 5.41) is 7.10. The third kappa shape index (κ3) is 4.13. The minimum atomic E-state index is -0.213. The van der Waals surface area contributed by atoms with Crippen LogP contribution in [0.2, 0.25) is 0 Å². The maximum Gasteiger partial charge on any atom is 0.258 e. The maximum absolute atomic E-state index is 12.2. The zero-order valence-electron chi connectivity index (χ0n) is 15.1. The summed E-state index contributed by atoms with van der Waals surface area (Å²) in [5.41, 5.74) is 3.25. The number of amides is 1. The summed E-state index contributed by atoms with van der Waals surface area (Å²) in [6.07, 6.45) is 2.48. The quantitative estimate of drug-likeness (QED) is 0.847. The van der Waals surface area contributed by atoms with Crippen molar-refractivity contribution in [2.75, 3.05) is 6.61 Å². The molecule has 2 rings (SSSR count). The first-order chi connectivity index (χ1) is 11.4. The first kappa shape index (κ1) is 18.0. The number of ether oxygens (including phenoxy) is 1. The molecule has 24 heavy (non-hydrogen) atoms. The Morgan fingerprint density at radius 3 is 2.71 bits per heavy atom. The molecule has 0 spiro atoms. The Morgan fingerprint density at radius 2 is 2.00 bits per heavy atom. The number of aromatic nitrogens is 3. The van der Waals surface area contributed by atoms with E-state index in [1.165, 1.54) is 6.33 Å². The lowest BCUT2D eigenvalue weighted by Crippen LogP contribution is -2.33. The molecular weight excluding hydrogens is 304 g/mol. The molecule has 2 aromatic rings. The Hall–Kier alpha value is -2.37. The maximum atomic E-state index is 12.2. The second kappa shape index (κ2) is 7.95. The number of nitrogens with zero attached hydrogens (tertiary/aromatic N) is 3. The van der Waals surface area contributed by atoms with Gasteiger partial charge in [-0.15, -0.1) is 0 Å². The van der Waals surface area contributed by atoms with Gasteiger partial charge in [0, 0.05) is 6.54 Å². The van der Waals surface area contributed by atoms with Crippen molar-refractivity contribution in [1.82, 2.24) is 20.1 Å². The molecular formula is C18H26N4O2. The van der Waals surface area contributed by atoms with Gasteiger partial charge in [0.1, 0.15) is 17.9 Å². The lowest BCUT2D eigenvalue weighted by molar-refractivity contribution is -0.123. The highest BCUT2D eigenvalue weighted by Crippen LogP contribution is 2.25. The Kier molecular flexibility index (Phi) is 5.95. The van der Waals surface area contributed by atoms with Gasteiger partial charge in [0.25, 0.3) is 5.91 Å². The van der Waals surface area contributed by atoms with Crippen LogP contribution < -0.4 is 10.1 Å². The predicted molar refractivity (Wildman–Crippen MR) is 93.0 cm³/mol. The van der Waals surface area contributed by atoms with Gasteiger partial charge in [-0.3, -0.25) is 4.79 Å². The molecule has 0 radical (unpaired) electrons. The van der Waals surface area contributed by atoms with E-state index >= 15 is 0 Å². The van der Waals surface area contributed by atoms with Crippen molar-refractivity contribution in [3.05, 3.63) is 41.0 Å². The number of hydrogen-bond acceptors (Lipinski definition) is 4. The molecule has 0 aliphatic rings. The van der Waals surface area contributed by atoms with Crippen LogP contribution in [0.4, 0.5) is 0 Å². The highest BCUT2D eigenvalue weighted by atomic mass is 16.5. The summed E-state index contributed by atoms with van der Waals surface area (Å²) in [6.45, 7) is 10.8. The lowest BCUT2D eigenvalue weighted by atomic mass is 10.1. The third-order valence-corrected chi connectivity index (χ3v) is 4.07. The molecule has 0 unspecified atom stereocenters. The van der Waals surface area contributed by atoms with Crippen molar-refractivity contribution in [3.8, 4) is 5.75 Å². The van der Waals surface area contributed by atoms with E-state index in [9.17, 15) is 4.79 Å². The van der Waals surface area contributed by atoms with Gasteiger partial charge in [-0.25, -0.2) is 9.67 Å². The summed E-state index contributed by atoms with van der Waals surface area (Å²) < 4.78 is 7.57. The van der Waals surface area contributed by atoms with Gasteiger partial charge in [-0.1, -0.05) is 19.1 Å². The second-order valence-electron chi connectivity index (χ2n) is 6.07. The lowest BCUT2D eigenvalue weighted by Gasteiger charge is -2.16. The average Bonchev–Trinajstić information content (AvgIpc) is 3.00. The summed E-state index contributed by atoms with van der Waals surface area (Å²) >= 11 is 0. The van der Waals surface area contributed by atoms with E-state index in [4.69, 9.17) is 4.74 Å². The fourth-order valence-electron chi connectivity index (χ4n) is 2.63. The van der Waals surface area contributed by atoms with E-state index in [1.807, 2.05) is 38.4 Å². The van der Waals surface area contributed by atoms with Gasteiger partial charge < -0.3 is 10.1 Å². The SMILES string of the molecule is CCCn1ncnc1[C@@H](C)NC(=O)COc1c(C)ccc(C)c1C. The van der Waals surface area contributed by atoms with Gasteiger partial charge in [0.05, 0.1) is 6.04 Å². The van der Waals surface area contributed by atoms with Crippen LogP contribution in [0.3, 0.4) is 0 Å². The van der Waals surface area contributed by atoms with Gasteiger partial charge in [-0.2, -0.15) is 5.10 Å². The van der Waals surface area contributed by atoms with Crippen molar-refractivity contribution in [2.45, 2.75) is 53.6 Å². The van der Waals surface area contributed by atoms with Gasteiger partial charge in [0.2, 0.25) is 0 Å². The summed E-state index contributed by atoms with van der Waals surface area (Å²) in [4.78, 5) is 16.4. The molecule has 0 fully saturated rings. The van der Waals surface area contributed by atoms with E-state index in [2.05, 4.69) is 28.4 Å². The van der Waals surface area contributed by atoms with E-state index in [0.717, 1.165) is 41.2 Å². The van der Waals surface area contributed by atoms with Crippen molar-refractivity contribution in [1.29, 1.82) is 0 Å². The minimum Gasteiger partial charge on any atom is -0.483 e. The zero-order chi connectivity index (χ0) is 17.7. The Balaban J connectivity index is 1.96. The topological polar surface area (TPSA) is 69.0 Å². The summed E-state index contributed by atoms with van der Waals surface area (Å²) in [5.74, 6) is 1.37. The largest absolute Gasteiger partial charge is 0.483 e. The molecule has 0 saturated carbocycles. The molecule has 0 aliphatic carbocycles. The van der Waals surface area contributed by atoms with Crippen LogP contribution in [0, 0.1) is 20.8 Å². The van der Waals surface area contributed by atoms with E-state index in [1.54, 1.807) is 0 Å². The van der Waals surface area contributed by atoms with Crippen LogP contribution in [0.1, 0.15) is 48.8 Å². The number of aryl methyl sites for hydroxylation is 3. The van der Waals surface area contributed by atoms with Crippen LogP contribution in [-0.4, -0.2) is 27.3 Å². The molecule has 1 aromatic heterocycles. The molecule has 0 bridgehead atoms. The van der Waals surface area contributed by atoms with Crippen LogP contribution in [-0.2, 0) is 11.3 Å². The monoisotopic (exact) mass is 330 g/mol.